The van der Waals surface area contributed by atoms with Gasteiger partial charge in [-0.1, -0.05) is 58.7 Å². The number of rotatable bonds is 6. The van der Waals surface area contributed by atoms with Crippen LogP contribution in [0, 0.1) is 5.92 Å². The van der Waals surface area contributed by atoms with E-state index in [9.17, 15) is 4.79 Å². The first kappa shape index (κ1) is 20.8. The van der Waals surface area contributed by atoms with Gasteiger partial charge in [-0.25, -0.2) is 0 Å². The van der Waals surface area contributed by atoms with Crippen molar-refractivity contribution < 1.29 is 9.32 Å². The van der Waals surface area contributed by atoms with Gasteiger partial charge >= 0.3 is 0 Å². The predicted octanol–water partition coefficient (Wildman–Crippen LogP) is 4.57. The fourth-order valence-electron chi connectivity index (χ4n) is 3.58. The lowest BCUT2D eigenvalue weighted by molar-refractivity contribution is -0.126. The molecule has 4 rings (SSSR count). The minimum absolute atomic E-state index is 0.00782. The molecule has 3 aromatic rings. The van der Waals surface area contributed by atoms with Gasteiger partial charge in [0.05, 0.1) is 6.54 Å². The van der Waals surface area contributed by atoms with E-state index in [1.54, 1.807) is 6.07 Å². The SMILES string of the molecule is O=C(NCc1ccccc1Cl)C1CCN(Cc2nc(-c3cccc(Cl)c3)no2)CC1. The molecular weight excluding hydrogens is 423 g/mol. The molecule has 0 bridgehead atoms. The smallest absolute Gasteiger partial charge is 0.241 e. The molecule has 156 valence electrons. The van der Waals surface area contributed by atoms with Crippen molar-refractivity contribution in [2.75, 3.05) is 13.1 Å². The van der Waals surface area contributed by atoms with Gasteiger partial charge in [-0.15, -0.1) is 0 Å². The van der Waals surface area contributed by atoms with Gasteiger partial charge in [-0.05, 0) is 49.7 Å². The highest BCUT2D eigenvalue weighted by Crippen LogP contribution is 2.22. The third-order valence-corrected chi connectivity index (χ3v) is 5.88. The molecule has 1 saturated heterocycles. The van der Waals surface area contributed by atoms with Gasteiger partial charge in [0, 0.05) is 28.1 Å². The molecule has 2 aromatic carbocycles. The Morgan fingerprint density at radius 1 is 1.13 bits per heavy atom. The molecule has 0 radical (unpaired) electrons. The molecule has 0 saturated carbocycles. The number of carbonyl (C=O) groups is 1. The van der Waals surface area contributed by atoms with Crippen LogP contribution in [0.2, 0.25) is 10.0 Å². The summed E-state index contributed by atoms with van der Waals surface area (Å²) in [6.07, 6.45) is 1.59. The summed E-state index contributed by atoms with van der Waals surface area (Å²) in [5.41, 5.74) is 1.75. The average molecular weight is 445 g/mol. The second-order valence-corrected chi connectivity index (χ2v) is 8.23. The summed E-state index contributed by atoms with van der Waals surface area (Å²) in [5.74, 6) is 1.18. The van der Waals surface area contributed by atoms with Gasteiger partial charge in [0.15, 0.2) is 0 Å². The first-order valence-electron chi connectivity index (χ1n) is 9.90. The normalized spacial score (nSPS) is 15.3. The van der Waals surface area contributed by atoms with Gasteiger partial charge in [-0.3, -0.25) is 9.69 Å². The van der Waals surface area contributed by atoms with E-state index in [1.165, 1.54) is 0 Å². The lowest BCUT2D eigenvalue weighted by Gasteiger charge is -2.30. The number of carbonyl (C=O) groups excluding carboxylic acids is 1. The number of piperidine rings is 1. The minimum Gasteiger partial charge on any atom is -0.352 e. The molecule has 1 N–H and O–H groups in total. The number of hydrogen-bond acceptors (Lipinski definition) is 5. The van der Waals surface area contributed by atoms with E-state index in [1.807, 2.05) is 42.5 Å². The van der Waals surface area contributed by atoms with Crippen molar-refractivity contribution in [1.82, 2.24) is 20.4 Å². The third-order valence-electron chi connectivity index (χ3n) is 5.28. The van der Waals surface area contributed by atoms with Gasteiger partial charge in [0.25, 0.3) is 0 Å². The molecule has 8 heteroatoms. The van der Waals surface area contributed by atoms with Crippen LogP contribution in [0.1, 0.15) is 24.3 Å². The molecule has 2 heterocycles. The van der Waals surface area contributed by atoms with E-state index >= 15 is 0 Å². The Kier molecular flexibility index (Phi) is 6.67. The number of halogens is 2. The predicted molar refractivity (Wildman–Crippen MR) is 116 cm³/mol. The summed E-state index contributed by atoms with van der Waals surface area (Å²) in [5, 5.41) is 8.36. The number of amides is 1. The van der Waals surface area contributed by atoms with E-state index in [2.05, 4.69) is 20.4 Å². The standard InChI is InChI=1S/C22H22Cl2N4O2/c23-18-6-3-5-16(12-18)21-26-20(30-27-21)14-28-10-8-15(9-11-28)22(29)25-13-17-4-1-2-7-19(17)24/h1-7,12,15H,8-11,13-14H2,(H,25,29). The second-order valence-electron chi connectivity index (χ2n) is 7.38. The summed E-state index contributed by atoms with van der Waals surface area (Å²) < 4.78 is 5.40. The molecule has 1 aliphatic heterocycles. The van der Waals surface area contributed by atoms with Crippen molar-refractivity contribution in [3.05, 3.63) is 70.0 Å². The number of hydrogen-bond donors (Lipinski definition) is 1. The highest BCUT2D eigenvalue weighted by Gasteiger charge is 2.26. The first-order valence-corrected chi connectivity index (χ1v) is 10.7. The molecule has 1 fully saturated rings. The quantitative estimate of drug-likeness (QED) is 0.602. The molecule has 1 amide bonds. The molecule has 30 heavy (non-hydrogen) atoms. The van der Waals surface area contributed by atoms with Gasteiger partial charge < -0.3 is 9.84 Å². The van der Waals surface area contributed by atoms with Crippen molar-refractivity contribution >= 4 is 29.1 Å². The largest absolute Gasteiger partial charge is 0.352 e. The molecule has 0 unspecified atom stereocenters. The Labute approximate surface area is 185 Å². The maximum absolute atomic E-state index is 12.5. The van der Waals surface area contributed by atoms with Crippen molar-refractivity contribution in [3.8, 4) is 11.4 Å². The lowest BCUT2D eigenvalue weighted by atomic mass is 9.96. The topological polar surface area (TPSA) is 71.3 Å². The molecule has 0 aliphatic carbocycles. The van der Waals surface area contributed by atoms with Crippen LogP contribution >= 0.6 is 23.2 Å². The van der Waals surface area contributed by atoms with Crippen molar-refractivity contribution in [2.45, 2.75) is 25.9 Å². The number of likely N-dealkylation sites (tertiary alicyclic amines) is 1. The van der Waals surface area contributed by atoms with E-state index < -0.39 is 0 Å². The Hall–Kier alpha value is -2.41. The second kappa shape index (κ2) is 9.60. The van der Waals surface area contributed by atoms with Crippen molar-refractivity contribution in [2.24, 2.45) is 5.92 Å². The Bertz CT molecular complexity index is 1020. The number of aromatic nitrogens is 2. The van der Waals surface area contributed by atoms with Crippen molar-refractivity contribution in [3.63, 3.8) is 0 Å². The Morgan fingerprint density at radius 2 is 1.93 bits per heavy atom. The summed E-state index contributed by atoms with van der Waals surface area (Å²) in [6.45, 7) is 2.63. The van der Waals surface area contributed by atoms with Gasteiger partial charge in [-0.2, -0.15) is 4.98 Å². The van der Waals surface area contributed by atoms with E-state index in [4.69, 9.17) is 27.7 Å². The summed E-state index contributed by atoms with van der Waals surface area (Å²) in [6, 6.07) is 14.9. The zero-order valence-corrected chi connectivity index (χ0v) is 17.9. The minimum atomic E-state index is 0.00782. The van der Waals surface area contributed by atoms with E-state index in [0.717, 1.165) is 37.1 Å². The van der Waals surface area contributed by atoms with Gasteiger partial charge in [0.1, 0.15) is 0 Å². The van der Waals surface area contributed by atoms with E-state index in [-0.39, 0.29) is 11.8 Å². The lowest BCUT2D eigenvalue weighted by Crippen LogP contribution is -2.40. The van der Waals surface area contributed by atoms with Gasteiger partial charge in [0.2, 0.25) is 17.6 Å². The fraction of sp³-hybridized carbons (Fsp3) is 0.318. The monoisotopic (exact) mass is 444 g/mol. The van der Waals surface area contributed by atoms with Crippen LogP contribution in [-0.2, 0) is 17.9 Å². The van der Waals surface area contributed by atoms with Crippen LogP contribution in [0.15, 0.2) is 53.1 Å². The zero-order valence-electron chi connectivity index (χ0n) is 16.4. The van der Waals surface area contributed by atoms with Crippen LogP contribution in [0.5, 0.6) is 0 Å². The number of nitrogens with zero attached hydrogens (tertiary/aromatic N) is 3. The molecule has 0 atom stereocenters. The van der Waals surface area contributed by atoms with Crippen LogP contribution in [0.25, 0.3) is 11.4 Å². The zero-order chi connectivity index (χ0) is 20.9. The molecular formula is C22H22Cl2N4O2. The summed E-state index contributed by atoms with van der Waals surface area (Å²) in [4.78, 5) is 19.2. The van der Waals surface area contributed by atoms with Crippen LogP contribution in [-0.4, -0.2) is 34.0 Å². The molecule has 1 aromatic heterocycles. The average Bonchev–Trinajstić information content (AvgIpc) is 3.22. The number of nitrogens with one attached hydrogen (secondary N) is 1. The van der Waals surface area contributed by atoms with Crippen LogP contribution < -0.4 is 5.32 Å². The Morgan fingerprint density at radius 3 is 2.70 bits per heavy atom. The number of benzene rings is 2. The highest BCUT2D eigenvalue weighted by molar-refractivity contribution is 6.31. The maximum atomic E-state index is 12.5. The maximum Gasteiger partial charge on any atom is 0.241 e. The summed E-state index contributed by atoms with van der Waals surface area (Å²) in [7, 11) is 0. The van der Waals surface area contributed by atoms with Crippen molar-refractivity contribution in [1.29, 1.82) is 0 Å². The molecule has 6 nitrogen and oxygen atoms in total. The van der Waals surface area contributed by atoms with E-state index in [0.29, 0.717) is 34.8 Å². The third kappa shape index (κ3) is 5.19. The fourth-order valence-corrected chi connectivity index (χ4v) is 3.97. The van der Waals surface area contributed by atoms with Crippen LogP contribution in [0.4, 0.5) is 0 Å². The summed E-state index contributed by atoms with van der Waals surface area (Å²) >= 11 is 12.2. The Balaban J connectivity index is 1.26. The van der Waals surface area contributed by atoms with Crippen LogP contribution in [0.3, 0.4) is 0 Å². The molecule has 1 aliphatic rings. The molecule has 0 spiro atoms. The highest BCUT2D eigenvalue weighted by atomic mass is 35.5. The first-order chi connectivity index (χ1) is 14.6.